The molecule has 1 saturated heterocycles. The fourth-order valence-corrected chi connectivity index (χ4v) is 5.15. The number of para-hydroxylation sites is 2. The molecule has 0 amide bonds. The second-order valence-corrected chi connectivity index (χ2v) is 10.7. The Kier molecular flexibility index (Phi) is 5.41. The summed E-state index contributed by atoms with van der Waals surface area (Å²) in [5.41, 5.74) is 6.91. The number of rotatable bonds is 4. The SMILES string of the molecule is C=Cc1c(-c2c(C)c(-c3cccc(B4OC(C)(C)C(C)(C)O4)c3)nc3ccccc23)oc2ccccc12. The molecule has 1 aliphatic heterocycles. The first-order chi connectivity index (χ1) is 17.7. The highest BCUT2D eigenvalue weighted by molar-refractivity contribution is 6.62. The van der Waals surface area contributed by atoms with Gasteiger partial charge in [-0.25, -0.2) is 4.98 Å². The molecule has 2 aromatic heterocycles. The fourth-order valence-electron chi connectivity index (χ4n) is 5.15. The lowest BCUT2D eigenvalue weighted by molar-refractivity contribution is 0.00578. The van der Waals surface area contributed by atoms with Gasteiger partial charge in [-0.1, -0.05) is 73.3 Å². The Morgan fingerprint density at radius 2 is 1.51 bits per heavy atom. The van der Waals surface area contributed by atoms with Gasteiger partial charge in [0, 0.05) is 27.5 Å². The molecule has 6 rings (SSSR count). The monoisotopic (exact) mass is 487 g/mol. The summed E-state index contributed by atoms with van der Waals surface area (Å²) in [7, 11) is -0.437. The predicted molar refractivity (Wildman–Crippen MR) is 153 cm³/mol. The van der Waals surface area contributed by atoms with E-state index in [1.807, 2.05) is 42.5 Å². The lowest BCUT2D eigenvalue weighted by Gasteiger charge is -2.32. The fraction of sp³-hybridized carbons (Fsp3) is 0.219. The lowest BCUT2D eigenvalue weighted by atomic mass is 9.78. The zero-order chi connectivity index (χ0) is 25.9. The molecular formula is C32H30BNO3. The van der Waals surface area contributed by atoms with Crippen LogP contribution in [0.2, 0.25) is 0 Å². The zero-order valence-electron chi connectivity index (χ0n) is 22.0. The van der Waals surface area contributed by atoms with Crippen LogP contribution in [0.4, 0.5) is 0 Å². The number of fused-ring (bicyclic) bond motifs is 2. The van der Waals surface area contributed by atoms with Crippen LogP contribution in [-0.2, 0) is 9.31 Å². The highest BCUT2D eigenvalue weighted by Crippen LogP contribution is 2.42. The third-order valence-electron chi connectivity index (χ3n) is 7.89. The van der Waals surface area contributed by atoms with Crippen molar-refractivity contribution < 1.29 is 13.7 Å². The van der Waals surface area contributed by atoms with E-state index in [9.17, 15) is 0 Å². The summed E-state index contributed by atoms with van der Waals surface area (Å²) in [6.45, 7) is 14.5. The highest BCUT2D eigenvalue weighted by Gasteiger charge is 2.51. The lowest BCUT2D eigenvalue weighted by Crippen LogP contribution is -2.41. The first-order valence-electron chi connectivity index (χ1n) is 12.7. The van der Waals surface area contributed by atoms with E-state index >= 15 is 0 Å². The molecule has 3 aromatic carbocycles. The summed E-state index contributed by atoms with van der Waals surface area (Å²) in [6.07, 6.45) is 1.88. The van der Waals surface area contributed by atoms with Gasteiger partial charge in [0.15, 0.2) is 0 Å². The van der Waals surface area contributed by atoms with E-state index in [0.717, 1.165) is 61.0 Å². The number of furan rings is 1. The van der Waals surface area contributed by atoms with Crippen LogP contribution in [0.3, 0.4) is 0 Å². The molecule has 184 valence electrons. The minimum absolute atomic E-state index is 0.402. The van der Waals surface area contributed by atoms with Gasteiger partial charge in [-0.05, 0) is 57.8 Å². The third kappa shape index (κ3) is 3.73. The van der Waals surface area contributed by atoms with Gasteiger partial charge in [0.1, 0.15) is 11.3 Å². The quantitative estimate of drug-likeness (QED) is 0.245. The van der Waals surface area contributed by atoms with Gasteiger partial charge in [-0.2, -0.15) is 0 Å². The van der Waals surface area contributed by atoms with Crippen LogP contribution in [0.5, 0.6) is 0 Å². The summed E-state index contributed by atoms with van der Waals surface area (Å²) in [4.78, 5) is 5.12. The van der Waals surface area contributed by atoms with E-state index in [4.69, 9.17) is 18.7 Å². The van der Waals surface area contributed by atoms with Crippen molar-refractivity contribution >= 4 is 40.5 Å². The van der Waals surface area contributed by atoms with Crippen LogP contribution in [0.15, 0.2) is 83.8 Å². The molecule has 5 heteroatoms. The molecule has 3 heterocycles. The van der Waals surface area contributed by atoms with Crippen molar-refractivity contribution in [3.05, 3.63) is 90.5 Å². The zero-order valence-corrected chi connectivity index (χ0v) is 22.0. The molecule has 0 atom stereocenters. The van der Waals surface area contributed by atoms with Gasteiger partial charge in [0.25, 0.3) is 0 Å². The molecule has 0 unspecified atom stereocenters. The van der Waals surface area contributed by atoms with E-state index in [0.29, 0.717) is 0 Å². The van der Waals surface area contributed by atoms with Crippen molar-refractivity contribution in [1.82, 2.24) is 4.98 Å². The summed E-state index contributed by atoms with van der Waals surface area (Å²) in [5, 5.41) is 2.10. The molecule has 0 saturated carbocycles. The number of benzene rings is 3. The number of aromatic nitrogens is 1. The maximum absolute atomic E-state index is 6.47. The van der Waals surface area contributed by atoms with E-state index in [1.54, 1.807) is 0 Å². The van der Waals surface area contributed by atoms with Gasteiger partial charge in [-0.3, -0.25) is 0 Å². The minimum atomic E-state index is -0.437. The largest absolute Gasteiger partial charge is 0.494 e. The van der Waals surface area contributed by atoms with Crippen LogP contribution in [0.25, 0.3) is 50.5 Å². The maximum atomic E-state index is 6.47. The van der Waals surface area contributed by atoms with Crippen LogP contribution in [0, 0.1) is 6.92 Å². The number of hydrogen-bond donors (Lipinski definition) is 0. The second-order valence-electron chi connectivity index (χ2n) is 10.7. The Hall–Kier alpha value is -3.67. The molecule has 37 heavy (non-hydrogen) atoms. The minimum Gasteiger partial charge on any atom is -0.455 e. The van der Waals surface area contributed by atoms with Crippen LogP contribution in [0.1, 0.15) is 38.8 Å². The Labute approximate surface area is 218 Å². The van der Waals surface area contributed by atoms with Crippen LogP contribution >= 0.6 is 0 Å². The molecule has 1 fully saturated rings. The average Bonchev–Trinajstić information content (AvgIpc) is 3.36. The molecule has 4 nitrogen and oxygen atoms in total. The number of nitrogens with zero attached hydrogens (tertiary/aromatic N) is 1. The summed E-state index contributed by atoms with van der Waals surface area (Å²) < 4.78 is 19.1. The molecule has 0 spiro atoms. The molecule has 0 bridgehead atoms. The Morgan fingerprint density at radius 1 is 0.838 bits per heavy atom. The van der Waals surface area contributed by atoms with Gasteiger partial charge in [0.05, 0.1) is 22.4 Å². The van der Waals surface area contributed by atoms with Crippen molar-refractivity contribution in [3.8, 4) is 22.6 Å². The molecule has 0 radical (unpaired) electrons. The van der Waals surface area contributed by atoms with Gasteiger partial charge >= 0.3 is 7.12 Å². The molecule has 0 aliphatic carbocycles. The van der Waals surface area contributed by atoms with E-state index in [-0.39, 0.29) is 0 Å². The Bertz CT molecular complexity index is 1660. The van der Waals surface area contributed by atoms with E-state index in [1.165, 1.54) is 0 Å². The summed E-state index contributed by atoms with van der Waals surface area (Å²) in [6, 6.07) is 24.6. The highest BCUT2D eigenvalue weighted by atomic mass is 16.7. The first kappa shape index (κ1) is 23.7. The molecule has 1 aliphatic rings. The normalized spacial score (nSPS) is 16.5. The Balaban J connectivity index is 1.56. The summed E-state index contributed by atoms with van der Waals surface area (Å²) >= 11 is 0. The van der Waals surface area contributed by atoms with Crippen molar-refractivity contribution in [2.75, 3.05) is 0 Å². The van der Waals surface area contributed by atoms with Gasteiger partial charge in [0.2, 0.25) is 0 Å². The van der Waals surface area contributed by atoms with Crippen molar-refractivity contribution in [3.63, 3.8) is 0 Å². The van der Waals surface area contributed by atoms with Crippen molar-refractivity contribution in [2.24, 2.45) is 0 Å². The van der Waals surface area contributed by atoms with Crippen LogP contribution < -0.4 is 5.46 Å². The Morgan fingerprint density at radius 3 is 2.24 bits per heavy atom. The molecular weight excluding hydrogens is 457 g/mol. The second kappa shape index (κ2) is 8.44. The van der Waals surface area contributed by atoms with Gasteiger partial charge in [-0.15, -0.1) is 0 Å². The van der Waals surface area contributed by atoms with E-state index in [2.05, 4.69) is 77.6 Å². The number of hydrogen-bond acceptors (Lipinski definition) is 4. The first-order valence-corrected chi connectivity index (χ1v) is 12.7. The molecule has 0 N–H and O–H groups in total. The predicted octanol–water partition coefficient (Wildman–Crippen LogP) is 7.57. The van der Waals surface area contributed by atoms with E-state index < -0.39 is 18.3 Å². The molecule has 5 aromatic rings. The average molecular weight is 487 g/mol. The topological polar surface area (TPSA) is 44.5 Å². The van der Waals surface area contributed by atoms with Crippen LogP contribution in [-0.4, -0.2) is 23.3 Å². The maximum Gasteiger partial charge on any atom is 0.494 e. The number of pyridine rings is 1. The summed E-state index contributed by atoms with van der Waals surface area (Å²) in [5.74, 6) is 0.815. The van der Waals surface area contributed by atoms with Crippen molar-refractivity contribution in [2.45, 2.75) is 45.8 Å². The smallest absolute Gasteiger partial charge is 0.455 e. The third-order valence-corrected chi connectivity index (χ3v) is 7.89. The van der Waals surface area contributed by atoms with Crippen molar-refractivity contribution in [1.29, 1.82) is 0 Å². The van der Waals surface area contributed by atoms with Gasteiger partial charge < -0.3 is 13.7 Å². The standard InChI is InChI=1S/C32H30BNO3/c1-7-23-24-15-9-11-18-27(24)35-30(23)28-20(2)29(34-26-17-10-8-16-25(26)28)21-13-12-14-22(19-21)33-36-31(3,4)32(5,6)37-33/h7-19H,1H2,2-6H3.